The van der Waals surface area contributed by atoms with Crippen molar-refractivity contribution < 1.29 is 39.9 Å². The van der Waals surface area contributed by atoms with Gasteiger partial charge in [0.25, 0.3) is 10.1 Å². The molecular formula is C28H28N2O9S3. The molecule has 0 radical (unpaired) electrons. The molecule has 0 aromatic heterocycles. The lowest BCUT2D eigenvalue weighted by atomic mass is 10.0. The molecule has 11 nitrogen and oxygen atoms in total. The highest BCUT2D eigenvalue weighted by Gasteiger charge is 2.53. The highest BCUT2D eigenvalue weighted by molar-refractivity contribution is 8.00. The average molecular weight is 633 g/mol. The van der Waals surface area contributed by atoms with Crippen LogP contribution in [-0.4, -0.2) is 61.6 Å². The second-order valence-electron chi connectivity index (χ2n) is 9.39. The summed E-state index contributed by atoms with van der Waals surface area (Å²) < 4.78 is 63.9. The molecule has 0 spiro atoms. The fourth-order valence-electron chi connectivity index (χ4n) is 4.18. The predicted molar refractivity (Wildman–Crippen MR) is 156 cm³/mol. The van der Waals surface area contributed by atoms with Crippen LogP contribution in [0.3, 0.4) is 0 Å². The standard InChI is InChI=1S/C21H20N2O6S2.C7H8O3S/c1-31(26,27)29-15-12-30-20-16(22)19(24)23(20)17(15)21(25)28-18(13-8-4-2-5-9-13)14-10-6-3-7-11-14;1-6-2-4-7(5-3-6)11(8,9)10/h2-11,16,18,20H,12,22H2,1H3;2-5H,1H3,(H,8,9,10)/t16-,20+;/m1./s1. The number of thioether (sulfide) groups is 1. The molecule has 14 heteroatoms. The van der Waals surface area contributed by atoms with Gasteiger partial charge in [-0.05, 0) is 30.2 Å². The molecule has 2 heterocycles. The number of fused-ring (bicyclic) bond motifs is 1. The molecule has 5 rings (SSSR count). The zero-order valence-corrected chi connectivity index (χ0v) is 24.9. The SMILES string of the molecule is CS(=O)(=O)OC1=C(C(=O)OC(c2ccccc2)c2ccccc2)N2C(=O)[C@@H](N)[C@@H]2SC1.Cc1ccc(S(=O)(=O)O)cc1. The van der Waals surface area contributed by atoms with E-state index in [1.807, 2.05) is 67.6 Å². The van der Waals surface area contributed by atoms with Gasteiger partial charge in [0.05, 0.1) is 16.9 Å². The van der Waals surface area contributed by atoms with Crippen LogP contribution in [-0.2, 0) is 38.7 Å². The Balaban J connectivity index is 0.000000310. The molecule has 222 valence electrons. The quantitative estimate of drug-likeness (QED) is 0.170. The molecule has 2 aliphatic heterocycles. The van der Waals surface area contributed by atoms with E-state index >= 15 is 0 Å². The molecule has 0 aliphatic carbocycles. The summed E-state index contributed by atoms with van der Waals surface area (Å²) >= 11 is 1.23. The van der Waals surface area contributed by atoms with Gasteiger partial charge in [0.2, 0.25) is 5.91 Å². The summed E-state index contributed by atoms with van der Waals surface area (Å²) in [7, 11) is -7.94. The number of β-lactam (4-membered cyclic amide) rings is 1. The number of hydrogen-bond acceptors (Lipinski definition) is 10. The Bertz CT molecular complexity index is 1650. The Hall–Kier alpha value is -3.69. The van der Waals surface area contributed by atoms with Gasteiger partial charge in [0.1, 0.15) is 11.4 Å². The fourth-order valence-corrected chi connectivity index (χ4v) is 6.44. The van der Waals surface area contributed by atoms with Gasteiger partial charge in [-0.15, -0.1) is 11.8 Å². The van der Waals surface area contributed by atoms with Crippen LogP contribution in [0.2, 0.25) is 0 Å². The third kappa shape index (κ3) is 7.38. The van der Waals surface area contributed by atoms with Gasteiger partial charge >= 0.3 is 16.1 Å². The third-order valence-electron chi connectivity index (χ3n) is 6.17. The van der Waals surface area contributed by atoms with E-state index in [-0.39, 0.29) is 22.1 Å². The number of hydrogen-bond donors (Lipinski definition) is 2. The summed E-state index contributed by atoms with van der Waals surface area (Å²) in [5, 5.41) is -0.478. The minimum absolute atomic E-state index is 0.0666. The van der Waals surface area contributed by atoms with E-state index in [9.17, 15) is 26.4 Å². The molecule has 3 N–H and O–H groups in total. The number of amides is 1. The van der Waals surface area contributed by atoms with E-state index in [1.165, 1.54) is 23.9 Å². The maximum atomic E-state index is 13.3. The Morgan fingerprint density at radius 2 is 1.48 bits per heavy atom. The Labute approximate surface area is 248 Å². The van der Waals surface area contributed by atoms with Gasteiger partial charge in [-0.25, -0.2) is 4.79 Å². The van der Waals surface area contributed by atoms with Crippen molar-refractivity contribution in [2.45, 2.75) is 29.3 Å². The van der Waals surface area contributed by atoms with Crippen LogP contribution in [0.15, 0.2) is 101 Å². The van der Waals surface area contributed by atoms with E-state index in [0.717, 1.165) is 27.8 Å². The van der Waals surface area contributed by atoms with Crippen molar-refractivity contribution in [3.63, 3.8) is 0 Å². The molecule has 2 atom stereocenters. The number of nitrogens with two attached hydrogens (primary N) is 1. The van der Waals surface area contributed by atoms with Gasteiger partial charge in [-0.3, -0.25) is 14.2 Å². The topological polar surface area (TPSA) is 170 Å². The summed E-state index contributed by atoms with van der Waals surface area (Å²) in [5.74, 6) is -1.42. The van der Waals surface area contributed by atoms with Crippen LogP contribution < -0.4 is 5.73 Å². The summed E-state index contributed by atoms with van der Waals surface area (Å²) in [6, 6.07) is 23.5. The fraction of sp³-hybridized carbons (Fsp3) is 0.214. The average Bonchev–Trinajstić information content (AvgIpc) is 2.95. The van der Waals surface area contributed by atoms with E-state index in [4.69, 9.17) is 19.2 Å². The normalized spacial score (nSPS) is 18.4. The minimum atomic E-state index is -4.02. The summed E-state index contributed by atoms with van der Waals surface area (Å²) in [5.41, 5.74) is 8.03. The van der Waals surface area contributed by atoms with E-state index in [2.05, 4.69) is 0 Å². The first-order valence-corrected chi connectivity index (χ1v) is 16.7. The Kier molecular flexibility index (Phi) is 9.43. The largest absolute Gasteiger partial charge is 0.448 e. The van der Waals surface area contributed by atoms with Crippen LogP contribution in [0.4, 0.5) is 0 Å². The maximum Gasteiger partial charge on any atom is 0.359 e. The number of carbonyl (C=O) groups excluding carboxylic acids is 2. The van der Waals surface area contributed by atoms with Crippen molar-refractivity contribution in [3.05, 3.63) is 113 Å². The monoisotopic (exact) mass is 632 g/mol. The van der Waals surface area contributed by atoms with Crippen molar-refractivity contribution in [2.75, 3.05) is 12.0 Å². The number of nitrogens with zero attached hydrogens (tertiary/aromatic N) is 1. The Morgan fingerprint density at radius 3 is 1.95 bits per heavy atom. The lowest BCUT2D eigenvalue weighted by molar-refractivity contribution is -0.153. The van der Waals surface area contributed by atoms with Crippen LogP contribution in [0.25, 0.3) is 0 Å². The molecule has 2 aliphatic rings. The first-order valence-electron chi connectivity index (χ1n) is 12.4. The number of ether oxygens (including phenoxy) is 1. The molecule has 1 saturated heterocycles. The zero-order chi connectivity index (χ0) is 30.7. The summed E-state index contributed by atoms with van der Waals surface area (Å²) in [4.78, 5) is 26.8. The number of carbonyl (C=O) groups is 2. The molecule has 0 saturated carbocycles. The molecule has 42 heavy (non-hydrogen) atoms. The Morgan fingerprint density at radius 1 is 0.952 bits per heavy atom. The van der Waals surface area contributed by atoms with Gasteiger partial charge in [-0.2, -0.15) is 16.8 Å². The van der Waals surface area contributed by atoms with E-state index in [0.29, 0.717) is 0 Å². The van der Waals surface area contributed by atoms with Crippen LogP contribution >= 0.6 is 11.8 Å². The molecule has 1 fully saturated rings. The number of esters is 1. The van der Waals surface area contributed by atoms with Crippen molar-refractivity contribution in [1.82, 2.24) is 4.90 Å². The van der Waals surface area contributed by atoms with E-state index < -0.39 is 49.6 Å². The van der Waals surface area contributed by atoms with Crippen LogP contribution in [0, 0.1) is 6.92 Å². The van der Waals surface area contributed by atoms with Crippen molar-refractivity contribution in [2.24, 2.45) is 5.73 Å². The molecule has 3 aromatic carbocycles. The van der Waals surface area contributed by atoms with Gasteiger partial charge in [0.15, 0.2) is 17.6 Å². The second kappa shape index (κ2) is 12.7. The number of aryl methyl sites for hydroxylation is 1. The van der Waals surface area contributed by atoms with Gasteiger partial charge in [0, 0.05) is 0 Å². The van der Waals surface area contributed by atoms with E-state index in [1.54, 1.807) is 12.1 Å². The maximum absolute atomic E-state index is 13.3. The summed E-state index contributed by atoms with van der Waals surface area (Å²) in [6.45, 7) is 1.84. The molecule has 0 unspecified atom stereocenters. The lowest BCUT2D eigenvalue weighted by Gasteiger charge is -2.47. The first kappa shape index (κ1) is 31.3. The van der Waals surface area contributed by atoms with Gasteiger partial charge < -0.3 is 14.7 Å². The minimum Gasteiger partial charge on any atom is -0.448 e. The lowest BCUT2D eigenvalue weighted by Crippen LogP contribution is -2.68. The van der Waals surface area contributed by atoms with Crippen molar-refractivity contribution in [3.8, 4) is 0 Å². The van der Waals surface area contributed by atoms with Gasteiger partial charge in [-0.1, -0.05) is 78.4 Å². The summed E-state index contributed by atoms with van der Waals surface area (Å²) in [6.07, 6.45) is 0.111. The second-order valence-corrected chi connectivity index (χ2v) is 13.5. The van der Waals surface area contributed by atoms with Crippen molar-refractivity contribution in [1.29, 1.82) is 0 Å². The molecule has 0 bridgehead atoms. The number of benzene rings is 3. The zero-order valence-electron chi connectivity index (χ0n) is 22.5. The van der Waals surface area contributed by atoms with Crippen molar-refractivity contribution >= 4 is 43.9 Å². The highest BCUT2D eigenvalue weighted by Crippen LogP contribution is 2.41. The van der Waals surface area contributed by atoms with Crippen LogP contribution in [0.5, 0.6) is 0 Å². The third-order valence-corrected chi connectivity index (χ3v) is 8.81. The highest BCUT2D eigenvalue weighted by atomic mass is 32.2. The predicted octanol–water partition coefficient (Wildman–Crippen LogP) is 2.99. The molecule has 3 aromatic rings. The molecular weight excluding hydrogens is 605 g/mol. The molecule has 1 amide bonds. The number of rotatable bonds is 7. The van der Waals surface area contributed by atoms with Crippen LogP contribution in [0.1, 0.15) is 22.8 Å². The first-order chi connectivity index (χ1) is 19.8. The smallest absolute Gasteiger partial charge is 0.359 e.